The summed E-state index contributed by atoms with van der Waals surface area (Å²) in [5.74, 6) is -0.973. The van der Waals surface area contributed by atoms with E-state index in [4.69, 9.17) is 25.5 Å². The zero-order chi connectivity index (χ0) is 17.7. The highest BCUT2D eigenvalue weighted by Gasteiger charge is 2.48. The predicted molar refractivity (Wildman–Crippen MR) is 92.0 cm³/mol. The van der Waals surface area contributed by atoms with Gasteiger partial charge in [-0.1, -0.05) is 17.7 Å². The molecule has 0 bridgehead atoms. The number of benzene rings is 1. The summed E-state index contributed by atoms with van der Waals surface area (Å²) in [4.78, 5) is 17.9. The Morgan fingerprint density at radius 2 is 2.08 bits per heavy atom. The summed E-state index contributed by atoms with van der Waals surface area (Å²) in [6.07, 6.45) is -0.576. The maximum atomic E-state index is 12.9. The van der Waals surface area contributed by atoms with Gasteiger partial charge in [0.05, 0.1) is 13.2 Å². The minimum absolute atomic E-state index is 0.209. The van der Waals surface area contributed by atoms with Crippen molar-refractivity contribution in [2.45, 2.75) is 32.2 Å². The van der Waals surface area contributed by atoms with Gasteiger partial charge in [-0.05, 0) is 32.0 Å². The monoisotopic (exact) mass is 376 g/mol. The van der Waals surface area contributed by atoms with Crippen LogP contribution in [0, 0.1) is 0 Å². The van der Waals surface area contributed by atoms with Gasteiger partial charge in [0.1, 0.15) is 5.78 Å². The summed E-state index contributed by atoms with van der Waals surface area (Å²) in [6, 6.07) is 6.82. The fraction of sp³-hybridized carbons (Fsp3) is 0.533. The van der Waals surface area contributed by atoms with E-state index in [1.165, 1.54) is 5.06 Å². The smallest absolute Gasteiger partial charge is 0.324 e. The second-order valence-electron chi connectivity index (χ2n) is 5.23. The molecule has 9 heteroatoms. The molecule has 7 nitrogen and oxygen atoms in total. The van der Waals surface area contributed by atoms with Crippen LogP contribution >= 0.6 is 19.2 Å². The van der Waals surface area contributed by atoms with Gasteiger partial charge in [0.2, 0.25) is 0 Å². The molecule has 1 saturated heterocycles. The van der Waals surface area contributed by atoms with Gasteiger partial charge in [0.15, 0.2) is 6.10 Å². The SMILES string of the molecule is CCOP(=O)(OCC)[C@H]1C[C@H](C(=O)Nc2cccc(Cl)c2)ON1C. The normalized spacial score (nSPS) is 21.8. The molecule has 0 radical (unpaired) electrons. The van der Waals surface area contributed by atoms with Crippen molar-refractivity contribution in [2.75, 3.05) is 25.6 Å². The molecular formula is C15H22ClN2O5P. The molecule has 1 N–H and O–H groups in total. The Morgan fingerprint density at radius 3 is 2.67 bits per heavy atom. The number of nitrogens with zero attached hydrogens (tertiary/aromatic N) is 1. The molecule has 1 aromatic rings. The number of hydrogen-bond acceptors (Lipinski definition) is 6. The van der Waals surface area contributed by atoms with Crippen LogP contribution in [0.25, 0.3) is 0 Å². The summed E-state index contributed by atoms with van der Waals surface area (Å²) >= 11 is 5.90. The highest BCUT2D eigenvalue weighted by Crippen LogP contribution is 2.57. The summed E-state index contributed by atoms with van der Waals surface area (Å²) in [7, 11) is -1.78. The van der Waals surface area contributed by atoms with Crippen molar-refractivity contribution in [3.05, 3.63) is 29.3 Å². The van der Waals surface area contributed by atoms with Crippen molar-refractivity contribution in [3.8, 4) is 0 Å². The number of hydroxylamine groups is 2. The van der Waals surface area contributed by atoms with Crippen molar-refractivity contribution >= 4 is 30.8 Å². The van der Waals surface area contributed by atoms with Crippen LogP contribution in [-0.4, -0.2) is 43.1 Å². The zero-order valence-corrected chi connectivity index (χ0v) is 15.5. The van der Waals surface area contributed by atoms with Crippen molar-refractivity contribution in [1.29, 1.82) is 0 Å². The molecule has 1 aromatic carbocycles. The molecule has 1 aliphatic rings. The average molecular weight is 377 g/mol. The van der Waals surface area contributed by atoms with Crippen LogP contribution in [0.5, 0.6) is 0 Å². The average Bonchev–Trinajstić information content (AvgIpc) is 2.90. The van der Waals surface area contributed by atoms with Crippen molar-refractivity contribution in [3.63, 3.8) is 0 Å². The summed E-state index contributed by atoms with van der Waals surface area (Å²) in [5.41, 5.74) is 0.569. The number of hydrogen-bond donors (Lipinski definition) is 1. The first kappa shape index (κ1) is 19.4. The first-order chi connectivity index (χ1) is 11.4. The van der Waals surface area contributed by atoms with Crippen LogP contribution in [0.2, 0.25) is 5.02 Å². The number of rotatable bonds is 7. The van der Waals surface area contributed by atoms with Crippen LogP contribution in [0.4, 0.5) is 5.69 Å². The third-order valence-electron chi connectivity index (χ3n) is 3.51. The van der Waals surface area contributed by atoms with E-state index in [-0.39, 0.29) is 25.5 Å². The van der Waals surface area contributed by atoms with E-state index < -0.39 is 19.5 Å². The van der Waals surface area contributed by atoms with E-state index >= 15 is 0 Å². The Bertz CT molecular complexity index is 620. The second kappa shape index (κ2) is 8.43. The van der Waals surface area contributed by atoms with Crippen LogP contribution in [0.15, 0.2) is 24.3 Å². The number of nitrogens with one attached hydrogen (secondary N) is 1. The van der Waals surface area contributed by atoms with Gasteiger partial charge >= 0.3 is 7.60 Å². The lowest BCUT2D eigenvalue weighted by Crippen LogP contribution is -2.28. The lowest BCUT2D eigenvalue weighted by atomic mass is 10.2. The van der Waals surface area contributed by atoms with Crippen LogP contribution in [0.1, 0.15) is 20.3 Å². The number of halogens is 1. The van der Waals surface area contributed by atoms with Gasteiger partial charge in [-0.3, -0.25) is 14.2 Å². The zero-order valence-electron chi connectivity index (χ0n) is 13.9. The molecule has 2 atom stereocenters. The van der Waals surface area contributed by atoms with E-state index in [1.807, 2.05) is 0 Å². The number of anilines is 1. The number of carbonyl (C=O) groups excluding carboxylic acids is 1. The van der Waals surface area contributed by atoms with Gasteiger partial charge in [-0.2, -0.15) is 5.06 Å². The molecule has 1 heterocycles. The molecule has 0 aromatic heterocycles. The van der Waals surface area contributed by atoms with Crippen molar-refractivity contribution < 1.29 is 23.2 Å². The van der Waals surface area contributed by atoms with Crippen molar-refractivity contribution in [1.82, 2.24) is 5.06 Å². The van der Waals surface area contributed by atoms with Crippen LogP contribution in [0.3, 0.4) is 0 Å². The molecule has 134 valence electrons. The van der Waals surface area contributed by atoms with Gasteiger partial charge in [0.25, 0.3) is 5.91 Å². The molecule has 1 fully saturated rings. The third-order valence-corrected chi connectivity index (χ3v) is 6.24. The van der Waals surface area contributed by atoms with Crippen LogP contribution < -0.4 is 5.32 Å². The highest BCUT2D eigenvalue weighted by atomic mass is 35.5. The molecule has 24 heavy (non-hydrogen) atoms. The van der Waals surface area contributed by atoms with E-state index in [0.717, 1.165) is 0 Å². The first-order valence-electron chi connectivity index (χ1n) is 7.74. The quantitative estimate of drug-likeness (QED) is 0.734. The Balaban J connectivity index is 2.06. The topological polar surface area (TPSA) is 77.1 Å². The van der Waals surface area contributed by atoms with Gasteiger partial charge in [-0.15, -0.1) is 0 Å². The van der Waals surface area contributed by atoms with E-state index in [0.29, 0.717) is 10.7 Å². The first-order valence-corrected chi connectivity index (χ1v) is 9.73. The Hall–Kier alpha value is -0.950. The molecule has 0 saturated carbocycles. The van der Waals surface area contributed by atoms with E-state index in [2.05, 4.69) is 5.32 Å². The third kappa shape index (κ3) is 4.57. The highest BCUT2D eigenvalue weighted by molar-refractivity contribution is 7.54. The minimum atomic E-state index is -3.39. The van der Waals surface area contributed by atoms with E-state index in [9.17, 15) is 9.36 Å². The van der Waals surface area contributed by atoms with Crippen LogP contribution in [-0.2, 0) is 23.2 Å². The lowest BCUT2D eigenvalue weighted by Gasteiger charge is -2.25. The maximum absolute atomic E-state index is 12.9. The summed E-state index contributed by atoms with van der Waals surface area (Å²) in [6.45, 7) is 3.98. The molecule has 0 unspecified atom stereocenters. The fourth-order valence-corrected chi connectivity index (χ4v) is 4.73. The van der Waals surface area contributed by atoms with Gasteiger partial charge in [-0.25, -0.2) is 0 Å². The molecule has 0 spiro atoms. The molecule has 0 aliphatic carbocycles. The predicted octanol–water partition coefficient (Wildman–Crippen LogP) is 3.51. The molecule has 1 aliphatic heterocycles. The minimum Gasteiger partial charge on any atom is -0.324 e. The lowest BCUT2D eigenvalue weighted by molar-refractivity contribution is -0.155. The number of carbonyl (C=O) groups is 1. The number of amides is 1. The molecule has 2 rings (SSSR count). The Labute approximate surface area is 146 Å². The standard InChI is InChI=1S/C15H22ClN2O5P/c1-4-21-24(20,22-5-2)14-10-13(23-18(14)3)15(19)17-12-8-6-7-11(16)9-12/h6-9,13-14H,4-5,10H2,1-3H3,(H,17,19)/t13-,14+/m1/s1. The summed E-state index contributed by atoms with van der Waals surface area (Å²) in [5, 5.41) is 4.64. The Morgan fingerprint density at radius 1 is 1.42 bits per heavy atom. The van der Waals surface area contributed by atoms with Gasteiger partial charge < -0.3 is 14.4 Å². The largest absolute Gasteiger partial charge is 0.350 e. The molecular weight excluding hydrogens is 355 g/mol. The molecule has 1 amide bonds. The van der Waals surface area contributed by atoms with Crippen molar-refractivity contribution in [2.24, 2.45) is 0 Å². The Kier molecular flexibility index (Phi) is 6.80. The maximum Gasteiger partial charge on any atom is 0.350 e. The van der Waals surface area contributed by atoms with Gasteiger partial charge in [0, 0.05) is 24.2 Å². The second-order valence-corrected chi connectivity index (χ2v) is 7.86. The summed E-state index contributed by atoms with van der Waals surface area (Å²) < 4.78 is 23.6. The van der Waals surface area contributed by atoms with E-state index in [1.54, 1.807) is 45.2 Å². The fourth-order valence-electron chi connectivity index (χ4n) is 2.50.